The van der Waals surface area contributed by atoms with E-state index in [-0.39, 0.29) is 5.91 Å². The topological polar surface area (TPSA) is 50.7 Å². The molecule has 0 aliphatic rings. The molecule has 3 rings (SSSR count). The molecule has 3 aromatic carbocycles. The van der Waals surface area contributed by atoms with Crippen molar-refractivity contribution in [2.75, 3.05) is 0 Å². The summed E-state index contributed by atoms with van der Waals surface area (Å²) < 4.78 is 5.86. The zero-order chi connectivity index (χ0) is 19.1. The number of hydrazone groups is 1. The number of halogens is 2. The third-order valence-corrected chi connectivity index (χ3v) is 4.36. The Balaban J connectivity index is 1.65. The number of amides is 1. The van der Waals surface area contributed by atoms with Crippen molar-refractivity contribution in [1.82, 2.24) is 5.43 Å². The molecule has 0 aliphatic carbocycles. The third kappa shape index (κ3) is 5.33. The van der Waals surface area contributed by atoms with Crippen LogP contribution in [0, 0.1) is 0 Å². The van der Waals surface area contributed by atoms with E-state index in [0.717, 1.165) is 11.1 Å². The van der Waals surface area contributed by atoms with Gasteiger partial charge < -0.3 is 4.74 Å². The second-order valence-electron chi connectivity index (χ2n) is 5.62. The van der Waals surface area contributed by atoms with Gasteiger partial charge in [-0.2, -0.15) is 5.10 Å². The summed E-state index contributed by atoms with van der Waals surface area (Å²) in [5.41, 5.74) is 4.59. The molecule has 4 nitrogen and oxygen atoms in total. The zero-order valence-electron chi connectivity index (χ0n) is 14.2. The molecule has 27 heavy (non-hydrogen) atoms. The molecule has 0 aliphatic heterocycles. The van der Waals surface area contributed by atoms with Crippen LogP contribution in [-0.2, 0) is 6.61 Å². The fraction of sp³-hybridized carbons (Fsp3) is 0.0476. The monoisotopic (exact) mass is 398 g/mol. The number of para-hydroxylation sites is 1. The van der Waals surface area contributed by atoms with Gasteiger partial charge in [-0.1, -0.05) is 53.5 Å². The van der Waals surface area contributed by atoms with Gasteiger partial charge in [0, 0.05) is 26.7 Å². The highest BCUT2D eigenvalue weighted by Gasteiger charge is 2.05. The summed E-state index contributed by atoms with van der Waals surface area (Å²) in [5, 5.41) is 5.23. The first kappa shape index (κ1) is 19.0. The lowest BCUT2D eigenvalue weighted by molar-refractivity contribution is 0.0955. The van der Waals surface area contributed by atoms with Gasteiger partial charge in [-0.3, -0.25) is 4.79 Å². The van der Waals surface area contributed by atoms with Crippen LogP contribution < -0.4 is 10.2 Å². The summed E-state index contributed by atoms with van der Waals surface area (Å²) >= 11 is 12.0. The van der Waals surface area contributed by atoms with Gasteiger partial charge in [-0.05, 0) is 42.5 Å². The summed E-state index contributed by atoms with van der Waals surface area (Å²) in [5.74, 6) is 0.319. The third-order valence-electron chi connectivity index (χ3n) is 3.74. The van der Waals surface area contributed by atoms with Gasteiger partial charge in [0.25, 0.3) is 5.91 Å². The lowest BCUT2D eigenvalue weighted by atomic mass is 10.2. The number of hydrogen-bond acceptors (Lipinski definition) is 3. The number of benzene rings is 3. The maximum atomic E-state index is 12.1. The van der Waals surface area contributed by atoms with E-state index in [0.29, 0.717) is 28.0 Å². The molecule has 0 saturated carbocycles. The average molecular weight is 399 g/mol. The number of rotatable bonds is 6. The van der Waals surface area contributed by atoms with Crippen LogP contribution in [-0.4, -0.2) is 12.1 Å². The molecule has 0 aromatic heterocycles. The summed E-state index contributed by atoms with van der Waals surface area (Å²) in [6.07, 6.45) is 1.54. The molecule has 0 spiro atoms. The fourth-order valence-corrected chi connectivity index (χ4v) is 2.63. The highest BCUT2D eigenvalue weighted by molar-refractivity contribution is 6.31. The largest absolute Gasteiger partial charge is 0.488 e. The quantitative estimate of drug-likeness (QED) is 0.450. The normalized spacial score (nSPS) is 10.7. The molecule has 1 N–H and O–H groups in total. The summed E-state index contributed by atoms with van der Waals surface area (Å²) in [7, 11) is 0. The number of carbonyl (C=O) groups excluding carboxylic acids is 1. The molecule has 6 heteroatoms. The van der Waals surface area contributed by atoms with Crippen LogP contribution in [0.4, 0.5) is 0 Å². The maximum Gasteiger partial charge on any atom is 0.271 e. The van der Waals surface area contributed by atoms with Crippen molar-refractivity contribution in [3.05, 3.63) is 99.5 Å². The molecule has 0 fully saturated rings. The standard InChI is InChI=1S/C21H16Cl2N2O2/c22-18-11-9-15(10-12-18)21(26)25-24-13-16-5-2-4-8-20(16)27-14-17-6-1-3-7-19(17)23/h1-13H,14H2,(H,25,26)/b24-13+. The van der Waals surface area contributed by atoms with Crippen molar-refractivity contribution in [3.63, 3.8) is 0 Å². The maximum absolute atomic E-state index is 12.1. The predicted molar refractivity (Wildman–Crippen MR) is 109 cm³/mol. The molecule has 0 radical (unpaired) electrons. The van der Waals surface area contributed by atoms with Crippen LogP contribution in [0.3, 0.4) is 0 Å². The van der Waals surface area contributed by atoms with E-state index in [1.165, 1.54) is 6.21 Å². The zero-order valence-corrected chi connectivity index (χ0v) is 15.7. The van der Waals surface area contributed by atoms with Crippen LogP contribution in [0.1, 0.15) is 21.5 Å². The van der Waals surface area contributed by atoms with Gasteiger partial charge in [0.1, 0.15) is 12.4 Å². The van der Waals surface area contributed by atoms with Gasteiger partial charge in [0.15, 0.2) is 0 Å². The van der Waals surface area contributed by atoms with E-state index in [1.54, 1.807) is 24.3 Å². The first-order valence-corrected chi connectivity index (χ1v) is 8.93. The Bertz CT molecular complexity index is 956. The Morgan fingerprint density at radius 2 is 1.67 bits per heavy atom. The van der Waals surface area contributed by atoms with Crippen molar-refractivity contribution in [2.24, 2.45) is 5.10 Å². The number of nitrogens with zero attached hydrogens (tertiary/aromatic N) is 1. The lowest BCUT2D eigenvalue weighted by Crippen LogP contribution is -2.17. The van der Waals surface area contributed by atoms with Gasteiger partial charge in [0.05, 0.1) is 6.21 Å². The Morgan fingerprint density at radius 1 is 0.963 bits per heavy atom. The van der Waals surface area contributed by atoms with Crippen LogP contribution in [0.15, 0.2) is 77.9 Å². The van der Waals surface area contributed by atoms with Crippen LogP contribution in [0.5, 0.6) is 5.75 Å². The van der Waals surface area contributed by atoms with E-state index in [4.69, 9.17) is 27.9 Å². The molecule has 0 heterocycles. The Kier molecular flexibility index (Phi) is 6.47. The minimum Gasteiger partial charge on any atom is -0.488 e. The average Bonchev–Trinajstić information content (AvgIpc) is 2.69. The van der Waals surface area contributed by atoms with Gasteiger partial charge in [-0.25, -0.2) is 5.43 Å². The minimum atomic E-state index is -0.322. The molecule has 0 unspecified atom stereocenters. The van der Waals surface area contributed by atoms with Crippen LogP contribution in [0.25, 0.3) is 0 Å². The van der Waals surface area contributed by atoms with E-state index in [2.05, 4.69) is 10.5 Å². The first-order valence-electron chi connectivity index (χ1n) is 8.17. The smallest absolute Gasteiger partial charge is 0.271 e. The summed E-state index contributed by atoms with van der Waals surface area (Å²) in [6, 6.07) is 21.5. The molecule has 0 bridgehead atoms. The minimum absolute atomic E-state index is 0.322. The molecule has 3 aromatic rings. The van der Waals surface area contributed by atoms with Gasteiger partial charge >= 0.3 is 0 Å². The van der Waals surface area contributed by atoms with Crippen LogP contribution >= 0.6 is 23.2 Å². The van der Waals surface area contributed by atoms with Crippen molar-refractivity contribution in [2.45, 2.75) is 6.61 Å². The van der Waals surface area contributed by atoms with Crippen molar-refractivity contribution in [1.29, 1.82) is 0 Å². The molecule has 1 amide bonds. The lowest BCUT2D eigenvalue weighted by Gasteiger charge is -2.10. The van der Waals surface area contributed by atoms with Crippen molar-refractivity contribution < 1.29 is 9.53 Å². The second kappa shape index (κ2) is 9.21. The van der Waals surface area contributed by atoms with E-state index in [1.807, 2.05) is 48.5 Å². The molecular formula is C21H16Cl2N2O2. The highest BCUT2D eigenvalue weighted by atomic mass is 35.5. The highest BCUT2D eigenvalue weighted by Crippen LogP contribution is 2.21. The fourth-order valence-electron chi connectivity index (χ4n) is 2.32. The second-order valence-corrected chi connectivity index (χ2v) is 6.47. The van der Waals surface area contributed by atoms with Gasteiger partial charge in [0.2, 0.25) is 0 Å². The van der Waals surface area contributed by atoms with E-state index < -0.39 is 0 Å². The number of hydrogen-bond donors (Lipinski definition) is 1. The molecule has 0 saturated heterocycles. The molecule has 136 valence electrons. The van der Waals surface area contributed by atoms with Crippen LogP contribution in [0.2, 0.25) is 10.0 Å². The number of nitrogens with one attached hydrogen (secondary N) is 1. The Labute approximate surface area is 167 Å². The summed E-state index contributed by atoms with van der Waals surface area (Å²) in [6.45, 7) is 0.335. The van der Waals surface area contributed by atoms with Crippen molar-refractivity contribution in [3.8, 4) is 5.75 Å². The molecular weight excluding hydrogens is 383 g/mol. The van der Waals surface area contributed by atoms with Gasteiger partial charge in [-0.15, -0.1) is 0 Å². The van der Waals surface area contributed by atoms with E-state index >= 15 is 0 Å². The number of ether oxygens (including phenoxy) is 1. The Hall–Kier alpha value is -2.82. The van der Waals surface area contributed by atoms with E-state index in [9.17, 15) is 4.79 Å². The summed E-state index contributed by atoms with van der Waals surface area (Å²) in [4.78, 5) is 12.1. The first-order chi connectivity index (χ1) is 13.1. The van der Waals surface area contributed by atoms with Crippen molar-refractivity contribution >= 4 is 35.3 Å². The Morgan fingerprint density at radius 3 is 2.44 bits per heavy atom. The predicted octanol–water partition coefficient (Wildman–Crippen LogP) is 5.34. The SMILES string of the molecule is O=C(N/N=C/c1ccccc1OCc1ccccc1Cl)c1ccc(Cl)cc1. The molecule has 0 atom stereocenters. The number of carbonyl (C=O) groups is 1.